The maximum atomic E-state index is 13.8. The van der Waals surface area contributed by atoms with E-state index >= 15 is 0 Å². The molecule has 5 heteroatoms. The number of amides is 1. The summed E-state index contributed by atoms with van der Waals surface area (Å²) in [5, 5.41) is 2.82. The summed E-state index contributed by atoms with van der Waals surface area (Å²) in [5.74, 6) is -0.609. The molecular weight excluding hydrogens is 269 g/mol. The first-order valence-corrected chi connectivity index (χ1v) is 6.78. The van der Waals surface area contributed by atoms with Gasteiger partial charge in [0.15, 0.2) is 0 Å². The van der Waals surface area contributed by atoms with E-state index in [1.807, 2.05) is 13.8 Å². The molecule has 0 atom stereocenters. The summed E-state index contributed by atoms with van der Waals surface area (Å²) in [6.45, 7) is 3.87. The van der Waals surface area contributed by atoms with E-state index in [9.17, 15) is 9.18 Å². The van der Waals surface area contributed by atoms with Crippen LogP contribution in [0.4, 0.5) is 4.39 Å². The summed E-state index contributed by atoms with van der Waals surface area (Å²) >= 11 is 5.93. The zero-order valence-electron chi connectivity index (χ0n) is 11.4. The molecule has 0 fully saturated rings. The molecule has 0 aliphatic rings. The lowest BCUT2D eigenvalue weighted by Gasteiger charge is -2.30. The molecule has 0 saturated heterocycles. The molecule has 1 aromatic rings. The van der Waals surface area contributed by atoms with Crippen LogP contribution in [0.5, 0.6) is 5.75 Å². The molecule has 1 aromatic carbocycles. The number of ether oxygens (including phenoxy) is 1. The number of hydrogen-bond donors (Lipinski definition) is 1. The second-order valence-electron chi connectivity index (χ2n) is 4.39. The van der Waals surface area contributed by atoms with Crippen LogP contribution in [0.2, 0.25) is 0 Å². The molecule has 1 amide bonds. The van der Waals surface area contributed by atoms with Gasteiger partial charge in [0.2, 0.25) is 0 Å². The van der Waals surface area contributed by atoms with Crippen molar-refractivity contribution >= 4 is 17.5 Å². The van der Waals surface area contributed by atoms with E-state index in [1.54, 1.807) is 6.07 Å². The second-order valence-corrected chi connectivity index (χ2v) is 4.66. The van der Waals surface area contributed by atoms with Crippen molar-refractivity contribution in [1.82, 2.24) is 5.32 Å². The second kappa shape index (κ2) is 6.75. The van der Waals surface area contributed by atoms with Gasteiger partial charge >= 0.3 is 0 Å². The van der Waals surface area contributed by atoms with Crippen molar-refractivity contribution in [1.29, 1.82) is 0 Å². The van der Waals surface area contributed by atoms with E-state index in [2.05, 4.69) is 5.32 Å². The Morgan fingerprint density at radius 2 is 2.05 bits per heavy atom. The minimum atomic E-state index is -0.604. The van der Waals surface area contributed by atoms with Crippen LogP contribution in [0, 0.1) is 5.82 Å². The summed E-state index contributed by atoms with van der Waals surface area (Å²) in [4.78, 5) is 12.2. The first-order valence-electron chi connectivity index (χ1n) is 6.24. The van der Waals surface area contributed by atoms with Crippen molar-refractivity contribution in [2.24, 2.45) is 0 Å². The number of hydrogen-bond acceptors (Lipinski definition) is 2. The summed E-state index contributed by atoms with van der Waals surface area (Å²) in [5.41, 5.74) is -0.604. The van der Waals surface area contributed by atoms with Crippen LogP contribution in [0.25, 0.3) is 0 Å². The van der Waals surface area contributed by atoms with Gasteiger partial charge in [-0.2, -0.15) is 0 Å². The number of alkyl halides is 1. The molecule has 1 rings (SSSR count). The minimum absolute atomic E-state index is 0.0820. The molecular formula is C14H19ClFNO2. The van der Waals surface area contributed by atoms with Gasteiger partial charge < -0.3 is 10.1 Å². The van der Waals surface area contributed by atoms with Crippen LogP contribution in [0.15, 0.2) is 18.2 Å². The van der Waals surface area contributed by atoms with Crippen LogP contribution in [-0.4, -0.2) is 24.4 Å². The Balaban J connectivity index is 3.07. The van der Waals surface area contributed by atoms with Gasteiger partial charge in [0, 0.05) is 5.88 Å². The van der Waals surface area contributed by atoms with E-state index in [0.29, 0.717) is 12.8 Å². The lowest BCUT2D eigenvalue weighted by Crippen LogP contribution is -2.49. The molecule has 0 saturated carbocycles. The Bertz CT molecular complexity index is 439. The van der Waals surface area contributed by atoms with Crippen LogP contribution in [-0.2, 0) is 0 Å². The van der Waals surface area contributed by atoms with Crippen LogP contribution in [0.3, 0.4) is 0 Å². The highest BCUT2D eigenvalue weighted by Gasteiger charge is 2.29. The fraction of sp³-hybridized carbons (Fsp3) is 0.500. The van der Waals surface area contributed by atoms with E-state index in [4.69, 9.17) is 16.3 Å². The molecule has 3 nitrogen and oxygen atoms in total. The average molecular weight is 288 g/mol. The van der Waals surface area contributed by atoms with Gasteiger partial charge in [-0.3, -0.25) is 4.79 Å². The molecule has 0 heterocycles. The van der Waals surface area contributed by atoms with Crippen molar-refractivity contribution in [2.45, 2.75) is 32.2 Å². The van der Waals surface area contributed by atoms with E-state index in [1.165, 1.54) is 19.2 Å². The Kier molecular flexibility index (Phi) is 5.60. The normalized spacial score (nSPS) is 11.2. The summed E-state index contributed by atoms with van der Waals surface area (Å²) in [6, 6.07) is 4.29. The predicted molar refractivity (Wildman–Crippen MR) is 74.5 cm³/mol. The fourth-order valence-corrected chi connectivity index (χ4v) is 2.29. The van der Waals surface area contributed by atoms with Crippen LogP contribution < -0.4 is 10.1 Å². The number of rotatable bonds is 6. The molecule has 0 radical (unpaired) electrons. The number of nitrogens with one attached hydrogen (secondary N) is 1. The van der Waals surface area contributed by atoms with Gasteiger partial charge in [0.05, 0.1) is 12.6 Å². The maximum absolute atomic E-state index is 13.8. The van der Waals surface area contributed by atoms with E-state index in [-0.39, 0.29) is 17.2 Å². The average Bonchev–Trinajstić information content (AvgIpc) is 2.44. The number of carbonyl (C=O) groups is 1. The quantitative estimate of drug-likeness (QED) is 0.815. The monoisotopic (exact) mass is 287 g/mol. The van der Waals surface area contributed by atoms with Gasteiger partial charge in [-0.25, -0.2) is 4.39 Å². The van der Waals surface area contributed by atoms with Crippen molar-refractivity contribution in [3.8, 4) is 5.75 Å². The Hall–Kier alpha value is -1.29. The molecule has 0 aliphatic heterocycles. The number of benzene rings is 1. The third-order valence-corrected chi connectivity index (χ3v) is 3.92. The number of methoxy groups -OCH3 is 1. The highest BCUT2D eigenvalue weighted by molar-refractivity contribution is 6.19. The lowest BCUT2D eigenvalue weighted by molar-refractivity contribution is 0.0895. The number of halogens is 2. The smallest absolute Gasteiger partial charge is 0.258 e. The highest BCUT2D eigenvalue weighted by atomic mass is 35.5. The molecule has 1 N–H and O–H groups in total. The molecule has 0 bridgehead atoms. The maximum Gasteiger partial charge on any atom is 0.258 e. The zero-order valence-corrected chi connectivity index (χ0v) is 12.2. The zero-order chi connectivity index (χ0) is 14.5. The summed E-state index contributed by atoms with van der Waals surface area (Å²) in [6.07, 6.45) is 1.35. The Morgan fingerprint density at radius 1 is 1.42 bits per heavy atom. The molecule has 0 aromatic heterocycles. The SMILES string of the molecule is CCC(CC)(CCl)NC(=O)c1c(F)cccc1OC. The third-order valence-electron chi connectivity index (χ3n) is 3.41. The van der Waals surface area contributed by atoms with Gasteiger partial charge in [-0.05, 0) is 25.0 Å². The summed E-state index contributed by atoms with van der Waals surface area (Å²) < 4.78 is 18.8. The van der Waals surface area contributed by atoms with E-state index in [0.717, 1.165) is 0 Å². The highest BCUT2D eigenvalue weighted by Crippen LogP contribution is 2.24. The first-order chi connectivity index (χ1) is 9.03. The Morgan fingerprint density at radius 3 is 2.53 bits per heavy atom. The van der Waals surface area contributed by atoms with Gasteiger partial charge in [-0.15, -0.1) is 11.6 Å². The first kappa shape index (κ1) is 15.8. The molecule has 0 aliphatic carbocycles. The fourth-order valence-electron chi connectivity index (χ4n) is 1.85. The standard InChI is InChI=1S/C14H19ClFNO2/c1-4-14(5-2,9-15)17-13(18)12-10(16)7-6-8-11(12)19-3/h6-8H,4-5,9H2,1-3H3,(H,17,18). The molecule has 0 unspecified atom stereocenters. The molecule has 19 heavy (non-hydrogen) atoms. The van der Waals surface area contributed by atoms with Crippen molar-refractivity contribution in [2.75, 3.05) is 13.0 Å². The topological polar surface area (TPSA) is 38.3 Å². The van der Waals surface area contributed by atoms with Gasteiger partial charge in [0.1, 0.15) is 17.1 Å². The molecule has 0 spiro atoms. The van der Waals surface area contributed by atoms with Crippen molar-refractivity contribution in [3.63, 3.8) is 0 Å². The number of carbonyl (C=O) groups excluding carboxylic acids is 1. The van der Waals surface area contributed by atoms with E-state index < -0.39 is 17.3 Å². The molecule has 106 valence electrons. The lowest BCUT2D eigenvalue weighted by atomic mass is 9.94. The minimum Gasteiger partial charge on any atom is -0.496 e. The van der Waals surface area contributed by atoms with Crippen molar-refractivity contribution in [3.05, 3.63) is 29.6 Å². The summed E-state index contributed by atoms with van der Waals surface area (Å²) in [7, 11) is 1.40. The third kappa shape index (κ3) is 3.38. The van der Waals surface area contributed by atoms with Crippen LogP contribution >= 0.6 is 11.6 Å². The van der Waals surface area contributed by atoms with Gasteiger partial charge in [-0.1, -0.05) is 19.9 Å². The van der Waals surface area contributed by atoms with Gasteiger partial charge in [0.25, 0.3) is 5.91 Å². The predicted octanol–water partition coefficient (Wildman–Crippen LogP) is 3.36. The van der Waals surface area contributed by atoms with Crippen LogP contribution in [0.1, 0.15) is 37.0 Å². The largest absolute Gasteiger partial charge is 0.496 e. The Labute approximate surface area is 118 Å². The van der Waals surface area contributed by atoms with Crippen molar-refractivity contribution < 1.29 is 13.9 Å².